The highest BCUT2D eigenvalue weighted by Gasteiger charge is 2.06. The Balaban J connectivity index is 1.82. The van der Waals surface area contributed by atoms with Gasteiger partial charge in [-0.2, -0.15) is 0 Å². The van der Waals surface area contributed by atoms with Gasteiger partial charge in [0.05, 0.1) is 6.54 Å². The van der Waals surface area contributed by atoms with Gasteiger partial charge in [-0.1, -0.05) is 19.9 Å². The second-order valence-electron chi connectivity index (χ2n) is 6.92. The number of rotatable bonds is 7. The van der Waals surface area contributed by atoms with E-state index in [9.17, 15) is 9.59 Å². The van der Waals surface area contributed by atoms with Gasteiger partial charge < -0.3 is 16.0 Å². The summed E-state index contributed by atoms with van der Waals surface area (Å²) < 4.78 is 0. The predicted octanol–water partition coefficient (Wildman–Crippen LogP) is 4.34. The maximum Gasteiger partial charge on any atom is 0.243 e. The fourth-order valence-corrected chi connectivity index (χ4v) is 2.46. The second kappa shape index (κ2) is 9.04. The normalized spacial score (nSPS) is 10.5. The van der Waals surface area contributed by atoms with Crippen molar-refractivity contribution in [2.75, 3.05) is 22.5 Å². The zero-order valence-corrected chi connectivity index (χ0v) is 15.8. The zero-order chi connectivity index (χ0) is 19.1. The van der Waals surface area contributed by atoms with Gasteiger partial charge in [0, 0.05) is 23.5 Å². The Hall–Kier alpha value is -2.82. The van der Waals surface area contributed by atoms with Gasteiger partial charge >= 0.3 is 0 Å². The molecule has 138 valence electrons. The van der Waals surface area contributed by atoms with Crippen LogP contribution in [0.4, 0.5) is 17.1 Å². The number of hydrogen-bond acceptors (Lipinski definition) is 3. The van der Waals surface area contributed by atoms with Crippen molar-refractivity contribution in [2.45, 2.75) is 34.1 Å². The van der Waals surface area contributed by atoms with Crippen LogP contribution in [0.25, 0.3) is 0 Å². The molecule has 0 unspecified atom stereocenters. The summed E-state index contributed by atoms with van der Waals surface area (Å²) in [6.45, 7) is 8.25. The van der Waals surface area contributed by atoms with Crippen molar-refractivity contribution < 1.29 is 9.59 Å². The predicted molar refractivity (Wildman–Crippen MR) is 108 cm³/mol. The van der Waals surface area contributed by atoms with E-state index in [2.05, 4.69) is 16.0 Å². The molecular formula is C21H27N3O2. The molecule has 0 aliphatic rings. The van der Waals surface area contributed by atoms with E-state index in [0.29, 0.717) is 12.3 Å². The van der Waals surface area contributed by atoms with E-state index < -0.39 is 0 Å². The SMILES string of the molecule is Cc1ccc(NC(=O)CNc2ccc(NC(=O)CC(C)C)cc2)cc1C. The zero-order valence-electron chi connectivity index (χ0n) is 15.8. The molecule has 2 aromatic rings. The number of carbonyl (C=O) groups is 2. The molecule has 2 rings (SSSR count). The van der Waals surface area contributed by atoms with Crippen LogP contribution in [0.1, 0.15) is 31.4 Å². The Labute approximate surface area is 155 Å². The van der Waals surface area contributed by atoms with Crippen molar-refractivity contribution >= 4 is 28.9 Å². The van der Waals surface area contributed by atoms with Crippen molar-refractivity contribution in [3.05, 3.63) is 53.6 Å². The highest BCUT2D eigenvalue weighted by molar-refractivity contribution is 5.94. The molecule has 0 aromatic heterocycles. The van der Waals surface area contributed by atoms with Crippen LogP contribution in [0, 0.1) is 19.8 Å². The summed E-state index contributed by atoms with van der Waals surface area (Å²) in [7, 11) is 0. The summed E-state index contributed by atoms with van der Waals surface area (Å²) in [6, 6.07) is 13.2. The highest BCUT2D eigenvalue weighted by atomic mass is 16.2. The topological polar surface area (TPSA) is 70.2 Å². The lowest BCUT2D eigenvalue weighted by atomic mass is 10.1. The lowest BCUT2D eigenvalue weighted by molar-refractivity contribution is -0.117. The molecule has 0 aliphatic heterocycles. The molecule has 0 bridgehead atoms. The number of nitrogens with one attached hydrogen (secondary N) is 3. The molecule has 0 radical (unpaired) electrons. The molecule has 26 heavy (non-hydrogen) atoms. The Bertz CT molecular complexity index is 767. The fourth-order valence-electron chi connectivity index (χ4n) is 2.46. The highest BCUT2D eigenvalue weighted by Crippen LogP contribution is 2.16. The molecule has 0 atom stereocenters. The Kier molecular flexibility index (Phi) is 6.78. The summed E-state index contributed by atoms with van der Waals surface area (Å²) in [5.74, 6) is 0.225. The average molecular weight is 353 g/mol. The lowest BCUT2D eigenvalue weighted by Crippen LogP contribution is -2.21. The first-order chi connectivity index (χ1) is 12.3. The van der Waals surface area contributed by atoms with Crippen LogP contribution in [0.2, 0.25) is 0 Å². The molecule has 5 heteroatoms. The number of benzene rings is 2. The molecule has 0 fully saturated rings. The van der Waals surface area contributed by atoms with E-state index >= 15 is 0 Å². The van der Waals surface area contributed by atoms with E-state index in [4.69, 9.17) is 0 Å². The van der Waals surface area contributed by atoms with E-state index in [1.807, 2.05) is 70.2 Å². The minimum absolute atomic E-state index is 0.00785. The standard InChI is InChI=1S/C21H27N3O2/c1-14(2)11-20(25)23-18-9-7-17(8-10-18)22-13-21(26)24-19-6-5-15(3)16(4)12-19/h5-10,12,14,22H,11,13H2,1-4H3,(H,23,25)(H,24,26). The van der Waals surface area contributed by atoms with Gasteiger partial charge in [0.1, 0.15) is 0 Å². The van der Waals surface area contributed by atoms with Crippen LogP contribution < -0.4 is 16.0 Å². The quantitative estimate of drug-likeness (QED) is 0.693. The van der Waals surface area contributed by atoms with Gasteiger partial charge in [-0.05, 0) is 67.3 Å². The Morgan fingerprint density at radius 1 is 0.808 bits per heavy atom. The number of anilines is 3. The minimum atomic E-state index is -0.109. The smallest absolute Gasteiger partial charge is 0.243 e. The first kappa shape index (κ1) is 19.5. The number of aryl methyl sites for hydroxylation is 2. The summed E-state index contributed by atoms with van der Waals surface area (Å²) in [5.41, 5.74) is 4.71. The average Bonchev–Trinajstić information content (AvgIpc) is 2.57. The molecule has 3 N–H and O–H groups in total. The van der Waals surface area contributed by atoms with Gasteiger partial charge in [0.25, 0.3) is 0 Å². The minimum Gasteiger partial charge on any atom is -0.376 e. The molecule has 2 amide bonds. The van der Waals surface area contributed by atoms with Gasteiger partial charge in [-0.15, -0.1) is 0 Å². The third kappa shape index (κ3) is 6.24. The summed E-state index contributed by atoms with van der Waals surface area (Å²) in [6.07, 6.45) is 0.499. The van der Waals surface area contributed by atoms with Crippen molar-refractivity contribution in [1.29, 1.82) is 0 Å². The van der Waals surface area contributed by atoms with Crippen LogP contribution in [0.3, 0.4) is 0 Å². The Morgan fingerprint density at radius 3 is 2.00 bits per heavy atom. The van der Waals surface area contributed by atoms with Crippen LogP contribution in [-0.2, 0) is 9.59 Å². The van der Waals surface area contributed by atoms with Gasteiger partial charge in [0.2, 0.25) is 11.8 Å². The summed E-state index contributed by atoms with van der Waals surface area (Å²) in [5, 5.41) is 8.82. The first-order valence-electron chi connectivity index (χ1n) is 8.84. The van der Waals surface area contributed by atoms with Gasteiger partial charge in [-0.3, -0.25) is 9.59 Å². The van der Waals surface area contributed by atoms with Crippen molar-refractivity contribution in [2.24, 2.45) is 5.92 Å². The summed E-state index contributed by atoms with van der Waals surface area (Å²) in [4.78, 5) is 23.8. The monoisotopic (exact) mass is 353 g/mol. The van der Waals surface area contributed by atoms with Crippen molar-refractivity contribution in [3.8, 4) is 0 Å². The molecule has 0 heterocycles. The molecule has 0 aliphatic carbocycles. The molecule has 0 spiro atoms. The number of amides is 2. The van der Waals surface area contributed by atoms with E-state index in [1.54, 1.807) is 0 Å². The molecular weight excluding hydrogens is 326 g/mol. The third-order valence-electron chi connectivity index (χ3n) is 4.01. The second-order valence-corrected chi connectivity index (χ2v) is 6.92. The van der Waals surface area contributed by atoms with Crippen LogP contribution in [-0.4, -0.2) is 18.4 Å². The fraction of sp³-hybridized carbons (Fsp3) is 0.333. The molecule has 2 aromatic carbocycles. The molecule has 0 saturated heterocycles. The number of carbonyl (C=O) groups excluding carboxylic acids is 2. The van der Waals surface area contributed by atoms with Gasteiger partial charge in [0.15, 0.2) is 0 Å². The van der Waals surface area contributed by atoms with Gasteiger partial charge in [-0.25, -0.2) is 0 Å². The number of hydrogen-bond donors (Lipinski definition) is 3. The molecule has 0 saturated carbocycles. The lowest BCUT2D eigenvalue weighted by Gasteiger charge is -2.11. The first-order valence-corrected chi connectivity index (χ1v) is 8.84. The van der Waals surface area contributed by atoms with Crippen LogP contribution in [0.5, 0.6) is 0 Å². The maximum atomic E-state index is 12.1. The van der Waals surface area contributed by atoms with Crippen molar-refractivity contribution in [1.82, 2.24) is 0 Å². The summed E-state index contributed by atoms with van der Waals surface area (Å²) >= 11 is 0. The molecule has 5 nitrogen and oxygen atoms in total. The third-order valence-corrected chi connectivity index (χ3v) is 4.01. The van der Waals surface area contributed by atoms with E-state index in [0.717, 1.165) is 22.6 Å². The largest absolute Gasteiger partial charge is 0.376 e. The van der Waals surface area contributed by atoms with Crippen LogP contribution in [0.15, 0.2) is 42.5 Å². The van der Waals surface area contributed by atoms with E-state index in [-0.39, 0.29) is 18.4 Å². The Morgan fingerprint density at radius 2 is 1.38 bits per heavy atom. The van der Waals surface area contributed by atoms with Crippen molar-refractivity contribution in [3.63, 3.8) is 0 Å². The van der Waals surface area contributed by atoms with Crippen LogP contribution >= 0.6 is 0 Å². The van der Waals surface area contributed by atoms with E-state index in [1.165, 1.54) is 5.56 Å². The maximum absolute atomic E-state index is 12.1.